The molecule has 148 valence electrons. The topological polar surface area (TPSA) is 88.8 Å². The maximum absolute atomic E-state index is 13.5. The SMILES string of the molecule is NC(=O)c1c(CC(Cl)Cl)[nH]c2c(C(F)(F)F)ccc(-c3ncc(Cl)s3)c2c1=O. The van der Waals surface area contributed by atoms with Crippen LogP contribution >= 0.6 is 46.1 Å². The molecule has 28 heavy (non-hydrogen) atoms. The highest BCUT2D eigenvalue weighted by Gasteiger charge is 2.35. The second-order valence-corrected chi connectivity index (χ2v) is 8.58. The average Bonchev–Trinajstić information content (AvgIpc) is 2.98. The number of primary amides is 1. The number of H-pyrrole nitrogens is 1. The smallest absolute Gasteiger partial charge is 0.365 e. The number of amides is 1. The van der Waals surface area contributed by atoms with Crippen molar-refractivity contribution < 1.29 is 18.0 Å². The van der Waals surface area contributed by atoms with E-state index in [0.29, 0.717) is 0 Å². The maximum atomic E-state index is 13.5. The molecule has 2 aromatic heterocycles. The second kappa shape index (κ2) is 7.55. The summed E-state index contributed by atoms with van der Waals surface area (Å²) in [5.41, 5.74) is 2.11. The highest BCUT2D eigenvalue weighted by Crippen LogP contribution is 2.39. The fraction of sp³-hybridized carbons (Fsp3) is 0.188. The van der Waals surface area contributed by atoms with Gasteiger partial charge in [0.05, 0.1) is 22.7 Å². The second-order valence-electron chi connectivity index (χ2n) is 5.65. The lowest BCUT2D eigenvalue weighted by molar-refractivity contribution is -0.136. The van der Waals surface area contributed by atoms with Gasteiger partial charge in [-0.2, -0.15) is 13.2 Å². The van der Waals surface area contributed by atoms with E-state index in [2.05, 4.69) is 9.97 Å². The van der Waals surface area contributed by atoms with Gasteiger partial charge in [-0.1, -0.05) is 17.7 Å². The monoisotopic (exact) mass is 469 g/mol. The Morgan fingerprint density at radius 2 is 2.00 bits per heavy atom. The fourth-order valence-corrected chi connectivity index (χ4v) is 4.06. The Hall–Kier alpha value is -1.81. The van der Waals surface area contributed by atoms with E-state index in [-0.39, 0.29) is 32.4 Å². The van der Waals surface area contributed by atoms with Crippen LogP contribution in [0.3, 0.4) is 0 Å². The Labute approximate surface area is 174 Å². The number of nitrogens with two attached hydrogens (primary N) is 1. The number of pyridine rings is 1. The predicted molar refractivity (Wildman–Crippen MR) is 103 cm³/mol. The molecule has 0 aliphatic rings. The van der Waals surface area contributed by atoms with Gasteiger partial charge in [0.2, 0.25) is 5.43 Å². The van der Waals surface area contributed by atoms with Crippen LogP contribution in [0.1, 0.15) is 21.6 Å². The molecule has 0 aliphatic carbocycles. The third kappa shape index (κ3) is 3.84. The van der Waals surface area contributed by atoms with Gasteiger partial charge < -0.3 is 10.7 Å². The minimum atomic E-state index is -4.77. The summed E-state index contributed by atoms with van der Waals surface area (Å²) in [4.78, 5) is 30.3. The number of aromatic nitrogens is 2. The summed E-state index contributed by atoms with van der Waals surface area (Å²) in [5.74, 6) is -1.12. The van der Waals surface area contributed by atoms with Gasteiger partial charge >= 0.3 is 6.18 Å². The molecular weight excluding hydrogens is 462 g/mol. The molecule has 0 aliphatic heterocycles. The van der Waals surface area contributed by atoms with Gasteiger partial charge in [-0.15, -0.1) is 34.5 Å². The molecule has 3 rings (SSSR count). The number of carbonyl (C=O) groups is 1. The summed E-state index contributed by atoms with van der Waals surface area (Å²) in [7, 11) is 0. The lowest BCUT2D eigenvalue weighted by Crippen LogP contribution is -2.27. The van der Waals surface area contributed by atoms with Gasteiger partial charge in [-0.25, -0.2) is 4.98 Å². The van der Waals surface area contributed by atoms with Gasteiger partial charge in [-0.3, -0.25) is 9.59 Å². The number of halogens is 6. The Bertz CT molecular complexity index is 1140. The normalized spacial score (nSPS) is 12.1. The number of fused-ring (bicyclic) bond motifs is 1. The molecular formula is C16H9Cl3F3N3O2S. The Kier molecular flexibility index (Phi) is 5.64. The van der Waals surface area contributed by atoms with Crippen LogP contribution in [0.25, 0.3) is 21.5 Å². The van der Waals surface area contributed by atoms with E-state index < -0.39 is 39.0 Å². The van der Waals surface area contributed by atoms with Crippen molar-refractivity contribution in [3.05, 3.63) is 49.7 Å². The van der Waals surface area contributed by atoms with Crippen molar-refractivity contribution in [3.63, 3.8) is 0 Å². The van der Waals surface area contributed by atoms with E-state index in [1.807, 2.05) is 0 Å². The van der Waals surface area contributed by atoms with Crippen molar-refractivity contribution >= 4 is 62.9 Å². The van der Waals surface area contributed by atoms with Crippen molar-refractivity contribution in [1.82, 2.24) is 9.97 Å². The number of aromatic amines is 1. The molecule has 0 bridgehead atoms. The molecule has 1 aromatic carbocycles. The number of thiazole rings is 1. The van der Waals surface area contributed by atoms with Crippen molar-refractivity contribution in [2.75, 3.05) is 0 Å². The van der Waals surface area contributed by atoms with Crippen LogP contribution in [-0.4, -0.2) is 20.7 Å². The predicted octanol–water partition coefficient (Wildman–Crippen LogP) is 4.77. The fourth-order valence-electron chi connectivity index (χ4n) is 2.81. The molecule has 0 saturated heterocycles. The van der Waals surface area contributed by atoms with E-state index in [1.54, 1.807) is 0 Å². The third-order valence-electron chi connectivity index (χ3n) is 3.86. The molecule has 0 atom stereocenters. The zero-order valence-corrected chi connectivity index (χ0v) is 16.6. The molecule has 0 fully saturated rings. The summed E-state index contributed by atoms with van der Waals surface area (Å²) >= 11 is 18.2. The first-order valence-electron chi connectivity index (χ1n) is 7.49. The molecule has 5 nitrogen and oxygen atoms in total. The van der Waals surface area contributed by atoms with Crippen LogP contribution in [0.2, 0.25) is 4.34 Å². The molecule has 1 amide bonds. The highest BCUT2D eigenvalue weighted by atomic mass is 35.5. The van der Waals surface area contributed by atoms with Crippen molar-refractivity contribution in [2.24, 2.45) is 5.73 Å². The molecule has 0 unspecified atom stereocenters. The molecule has 0 spiro atoms. The van der Waals surface area contributed by atoms with Crippen LogP contribution in [0, 0.1) is 0 Å². The Balaban J connectivity index is 2.51. The van der Waals surface area contributed by atoms with Crippen LogP contribution in [0.15, 0.2) is 23.1 Å². The van der Waals surface area contributed by atoms with Crippen LogP contribution in [-0.2, 0) is 12.6 Å². The molecule has 0 saturated carbocycles. The molecule has 12 heteroatoms. The first-order chi connectivity index (χ1) is 13.0. The van der Waals surface area contributed by atoms with Crippen molar-refractivity contribution in [1.29, 1.82) is 0 Å². The standard InChI is InChI=1S/C16H9Cl3F3N3O2S/c17-8(18)3-7-11(14(23)27)13(26)10-5(15-24-4-9(19)28-15)1-2-6(12(10)25-7)16(20,21)22/h1-2,4,8H,3H2,(H2,23,27)(H,25,26). The largest absolute Gasteiger partial charge is 0.418 e. The number of nitrogens with one attached hydrogen (secondary N) is 1. The van der Waals surface area contributed by atoms with E-state index >= 15 is 0 Å². The molecule has 2 heterocycles. The number of rotatable bonds is 4. The average molecular weight is 471 g/mol. The van der Waals surface area contributed by atoms with Crippen molar-refractivity contribution in [2.45, 2.75) is 17.4 Å². The summed E-state index contributed by atoms with van der Waals surface area (Å²) in [6.45, 7) is 0. The van der Waals surface area contributed by atoms with Crippen LogP contribution in [0.4, 0.5) is 13.2 Å². The van der Waals surface area contributed by atoms with E-state index in [4.69, 9.17) is 40.5 Å². The van der Waals surface area contributed by atoms with Gasteiger partial charge in [-0.05, 0) is 6.07 Å². The van der Waals surface area contributed by atoms with E-state index in [0.717, 1.165) is 23.5 Å². The van der Waals surface area contributed by atoms with Gasteiger partial charge in [0.1, 0.15) is 19.7 Å². The Morgan fingerprint density at radius 3 is 2.50 bits per heavy atom. The van der Waals surface area contributed by atoms with Gasteiger partial charge in [0.15, 0.2) is 0 Å². The quantitative estimate of drug-likeness (QED) is 0.538. The zero-order valence-electron chi connectivity index (χ0n) is 13.5. The van der Waals surface area contributed by atoms with E-state index in [9.17, 15) is 22.8 Å². The summed E-state index contributed by atoms with van der Waals surface area (Å²) in [6.07, 6.45) is -3.75. The van der Waals surface area contributed by atoms with Crippen LogP contribution in [0.5, 0.6) is 0 Å². The number of hydrogen-bond donors (Lipinski definition) is 2. The Morgan fingerprint density at radius 1 is 1.32 bits per heavy atom. The molecule has 3 N–H and O–H groups in total. The number of alkyl halides is 5. The minimum Gasteiger partial charge on any atom is -0.365 e. The van der Waals surface area contributed by atoms with Gasteiger partial charge in [0, 0.05) is 17.7 Å². The summed E-state index contributed by atoms with van der Waals surface area (Å²) in [6, 6.07) is 1.92. The lowest BCUT2D eigenvalue weighted by atomic mass is 9.99. The van der Waals surface area contributed by atoms with E-state index in [1.165, 1.54) is 6.20 Å². The highest BCUT2D eigenvalue weighted by molar-refractivity contribution is 7.19. The maximum Gasteiger partial charge on any atom is 0.418 e. The number of nitrogens with zero attached hydrogens (tertiary/aromatic N) is 1. The lowest BCUT2D eigenvalue weighted by Gasteiger charge is -2.16. The first-order valence-corrected chi connectivity index (χ1v) is 9.56. The van der Waals surface area contributed by atoms with Gasteiger partial charge in [0.25, 0.3) is 5.91 Å². The molecule has 0 radical (unpaired) electrons. The minimum absolute atomic E-state index is 0.0866. The summed E-state index contributed by atoms with van der Waals surface area (Å²) < 4.78 is 40.9. The van der Waals surface area contributed by atoms with Crippen molar-refractivity contribution in [3.8, 4) is 10.6 Å². The first kappa shape index (κ1) is 20.9. The van der Waals surface area contributed by atoms with Crippen LogP contribution < -0.4 is 11.2 Å². The molecule has 3 aromatic rings. The third-order valence-corrected chi connectivity index (χ3v) is 5.31. The number of benzene rings is 1. The zero-order chi connectivity index (χ0) is 20.8. The number of carbonyl (C=O) groups excluding carboxylic acids is 1. The summed E-state index contributed by atoms with van der Waals surface area (Å²) in [5, 5.41) is -0.163. The number of hydrogen-bond acceptors (Lipinski definition) is 4.